The molecule has 18 heavy (non-hydrogen) atoms. The van der Waals surface area contributed by atoms with Crippen LogP contribution in [0.25, 0.3) is 0 Å². The fourth-order valence-electron chi connectivity index (χ4n) is 1.15. The zero-order valence-electron chi connectivity index (χ0n) is 10.0. The second-order valence-corrected chi connectivity index (χ2v) is 5.17. The number of hydrogen-bond acceptors (Lipinski definition) is 6. The molecule has 1 atom stereocenters. The van der Waals surface area contributed by atoms with Gasteiger partial charge >= 0.3 is 5.97 Å². The van der Waals surface area contributed by atoms with Crippen LogP contribution in [0.5, 0.6) is 0 Å². The van der Waals surface area contributed by atoms with Gasteiger partial charge in [-0.1, -0.05) is 6.92 Å². The maximum absolute atomic E-state index is 11.7. The first kappa shape index (κ1) is 14.6. The molecular formula is C9H15N3O5S. The van der Waals surface area contributed by atoms with E-state index in [0.717, 1.165) is 7.11 Å². The number of carbonyl (C=O) groups excluding carboxylic acids is 1. The van der Waals surface area contributed by atoms with Crippen molar-refractivity contribution in [3.8, 4) is 0 Å². The zero-order valence-corrected chi connectivity index (χ0v) is 10.8. The maximum Gasteiger partial charge on any atom is 0.336 e. The Bertz CT molecular complexity index is 510. The van der Waals surface area contributed by atoms with E-state index in [0.29, 0.717) is 12.2 Å². The summed E-state index contributed by atoms with van der Waals surface area (Å²) < 4.78 is 29.8. The van der Waals surface area contributed by atoms with Gasteiger partial charge in [0.05, 0.1) is 13.3 Å². The number of aryl methyl sites for hydroxylation is 1. The number of nitrogens with zero attached hydrogens (tertiary/aromatic N) is 1. The Morgan fingerprint density at radius 1 is 1.67 bits per heavy atom. The molecule has 9 heteroatoms. The number of H-pyrrole nitrogens is 1. The number of aliphatic hydroxyl groups is 1. The number of ether oxygens (including phenoxy) is 1. The molecule has 1 aromatic heterocycles. The normalized spacial score (nSPS) is 13.3. The number of nitrogens with one attached hydrogen (secondary N) is 2. The predicted molar refractivity (Wildman–Crippen MR) is 61.2 cm³/mol. The van der Waals surface area contributed by atoms with Crippen LogP contribution in [0.3, 0.4) is 0 Å². The van der Waals surface area contributed by atoms with Crippen molar-refractivity contribution in [3.05, 3.63) is 12.0 Å². The average molecular weight is 277 g/mol. The summed E-state index contributed by atoms with van der Waals surface area (Å²) in [4.78, 5) is 17.3. The number of rotatable bonds is 6. The second kappa shape index (κ2) is 5.94. The van der Waals surface area contributed by atoms with Gasteiger partial charge in [0.1, 0.15) is 5.82 Å². The SMILES string of the molecule is CCc1ncc(S(=O)(=O)NCC(O)C(=O)OC)[nH]1. The largest absolute Gasteiger partial charge is 0.467 e. The summed E-state index contributed by atoms with van der Waals surface area (Å²) in [6.07, 6.45) is 0.199. The lowest BCUT2D eigenvalue weighted by molar-refractivity contribution is -0.149. The molecule has 0 aliphatic heterocycles. The van der Waals surface area contributed by atoms with Gasteiger partial charge in [0, 0.05) is 13.0 Å². The summed E-state index contributed by atoms with van der Waals surface area (Å²) in [5.74, 6) is -0.375. The first-order chi connectivity index (χ1) is 8.40. The number of methoxy groups -OCH3 is 1. The van der Waals surface area contributed by atoms with Crippen LogP contribution in [-0.2, 0) is 26.0 Å². The van der Waals surface area contributed by atoms with Crippen molar-refractivity contribution >= 4 is 16.0 Å². The Balaban J connectivity index is 2.68. The maximum atomic E-state index is 11.7. The minimum atomic E-state index is -3.82. The number of esters is 1. The van der Waals surface area contributed by atoms with Gasteiger partial charge in [-0.15, -0.1) is 0 Å². The number of sulfonamides is 1. The minimum Gasteiger partial charge on any atom is -0.467 e. The van der Waals surface area contributed by atoms with Gasteiger partial charge in [-0.25, -0.2) is 22.9 Å². The van der Waals surface area contributed by atoms with Gasteiger partial charge in [-0.2, -0.15) is 0 Å². The molecule has 0 saturated heterocycles. The summed E-state index contributed by atoms with van der Waals surface area (Å²) in [5.41, 5.74) is 0. The van der Waals surface area contributed by atoms with Crippen LogP contribution in [0.15, 0.2) is 11.2 Å². The Morgan fingerprint density at radius 3 is 2.83 bits per heavy atom. The molecule has 0 fully saturated rings. The lowest BCUT2D eigenvalue weighted by atomic mass is 10.4. The quantitative estimate of drug-likeness (QED) is 0.561. The summed E-state index contributed by atoms with van der Waals surface area (Å²) in [7, 11) is -2.72. The monoisotopic (exact) mass is 277 g/mol. The van der Waals surface area contributed by atoms with Gasteiger partial charge in [0.2, 0.25) is 0 Å². The number of carbonyl (C=O) groups is 1. The van der Waals surface area contributed by atoms with E-state index >= 15 is 0 Å². The first-order valence-electron chi connectivity index (χ1n) is 5.20. The van der Waals surface area contributed by atoms with E-state index in [2.05, 4.69) is 19.4 Å². The molecule has 1 unspecified atom stereocenters. The second-order valence-electron chi connectivity index (χ2n) is 3.44. The van der Waals surface area contributed by atoms with Gasteiger partial charge < -0.3 is 14.8 Å². The van der Waals surface area contributed by atoms with Crippen LogP contribution >= 0.6 is 0 Å². The zero-order chi connectivity index (χ0) is 13.8. The van der Waals surface area contributed by atoms with Gasteiger partial charge in [0.25, 0.3) is 10.0 Å². The van der Waals surface area contributed by atoms with Crippen LogP contribution in [0.4, 0.5) is 0 Å². The topological polar surface area (TPSA) is 121 Å². The number of imidazole rings is 1. The fourth-order valence-corrected chi connectivity index (χ4v) is 2.12. The smallest absolute Gasteiger partial charge is 0.336 e. The van der Waals surface area contributed by atoms with Crippen molar-refractivity contribution in [3.63, 3.8) is 0 Å². The van der Waals surface area contributed by atoms with Crippen LogP contribution in [0.2, 0.25) is 0 Å². The summed E-state index contributed by atoms with van der Waals surface area (Å²) in [5, 5.41) is 9.14. The summed E-state index contributed by atoms with van der Waals surface area (Å²) >= 11 is 0. The van der Waals surface area contributed by atoms with Gasteiger partial charge in [-0.3, -0.25) is 0 Å². The highest BCUT2D eigenvalue weighted by atomic mass is 32.2. The fraction of sp³-hybridized carbons (Fsp3) is 0.556. The third kappa shape index (κ3) is 3.52. The minimum absolute atomic E-state index is 0.114. The van der Waals surface area contributed by atoms with Gasteiger partial charge in [0.15, 0.2) is 11.1 Å². The molecule has 0 bridgehead atoms. The number of aliphatic hydroxyl groups excluding tert-OH is 1. The molecule has 0 spiro atoms. The van der Waals surface area contributed by atoms with E-state index in [1.54, 1.807) is 0 Å². The lowest BCUT2D eigenvalue weighted by Crippen LogP contribution is -2.37. The van der Waals surface area contributed by atoms with Gasteiger partial charge in [-0.05, 0) is 0 Å². The van der Waals surface area contributed by atoms with Crippen LogP contribution in [0.1, 0.15) is 12.7 Å². The van der Waals surface area contributed by atoms with Crippen LogP contribution in [-0.4, -0.2) is 49.2 Å². The van der Waals surface area contributed by atoms with Crippen LogP contribution < -0.4 is 4.72 Å². The molecule has 1 heterocycles. The molecular weight excluding hydrogens is 262 g/mol. The highest BCUT2D eigenvalue weighted by Crippen LogP contribution is 2.05. The molecule has 0 saturated carbocycles. The van der Waals surface area contributed by atoms with Crippen molar-refractivity contribution in [2.75, 3.05) is 13.7 Å². The average Bonchev–Trinajstić information content (AvgIpc) is 2.84. The molecule has 3 N–H and O–H groups in total. The van der Waals surface area contributed by atoms with Crippen molar-refractivity contribution in [1.82, 2.24) is 14.7 Å². The van der Waals surface area contributed by atoms with Crippen molar-refractivity contribution < 1.29 is 23.1 Å². The molecule has 0 amide bonds. The molecule has 102 valence electrons. The molecule has 1 aromatic rings. The van der Waals surface area contributed by atoms with Crippen molar-refractivity contribution in [1.29, 1.82) is 0 Å². The molecule has 8 nitrogen and oxygen atoms in total. The predicted octanol–water partition coefficient (Wildman–Crippen LogP) is -1.22. The van der Waals surface area contributed by atoms with E-state index in [9.17, 15) is 18.3 Å². The Hall–Kier alpha value is -1.45. The Morgan fingerprint density at radius 2 is 2.33 bits per heavy atom. The standard InChI is InChI=1S/C9H15N3O5S/c1-3-7-10-5-8(12-7)18(15,16)11-4-6(13)9(14)17-2/h5-6,11,13H,3-4H2,1-2H3,(H,10,12). The van der Waals surface area contributed by atoms with Crippen LogP contribution in [0, 0.1) is 0 Å². The Kier molecular flexibility index (Phi) is 4.82. The molecule has 0 aliphatic carbocycles. The third-order valence-corrected chi connectivity index (χ3v) is 3.50. The van der Waals surface area contributed by atoms with Crippen molar-refractivity contribution in [2.24, 2.45) is 0 Å². The van der Waals surface area contributed by atoms with E-state index in [4.69, 9.17) is 0 Å². The van der Waals surface area contributed by atoms with E-state index < -0.39 is 28.6 Å². The van der Waals surface area contributed by atoms with E-state index in [1.807, 2.05) is 6.92 Å². The molecule has 1 rings (SSSR count). The number of hydrogen-bond donors (Lipinski definition) is 3. The molecule has 0 aliphatic rings. The van der Waals surface area contributed by atoms with E-state index in [-0.39, 0.29) is 5.03 Å². The summed E-state index contributed by atoms with van der Waals surface area (Å²) in [6.45, 7) is 1.36. The lowest BCUT2D eigenvalue weighted by Gasteiger charge is -2.09. The molecule has 0 radical (unpaired) electrons. The first-order valence-corrected chi connectivity index (χ1v) is 6.68. The highest BCUT2D eigenvalue weighted by Gasteiger charge is 2.21. The number of aromatic nitrogens is 2. The third-order valence-electron chi connectivity index (χ3n) is 2.17. The van der Waals surface area contributed by atoms with Crippen molar-refractivity contribution in [2.45, 2.75) is 24.5 Å². The Labute approximate surface area is 104 Å². The van der Waals surface area contributed by atoms with E-state index in [1.165, 1.54) is 6.20 Å². The highest BCUT2D eigenvalue weighted by molar-refractivity contribution is 7.89. The summed E-state index contributed by atoms with van der Waals surface area (Å²) in [6, 6.07) is 0. The number of aromatic amines is 1. The molecule has 0 aromatic carbocycles.